The van der Waals surface area contributed by atoms with Crippen molar-refractivity contribution in [1.29, 1.82) is 0 Å². The standard InChI is InChI=1S/C23H26N4O5/c1-30-19-7-5-4-6-16(19)24-22(28)14-26-10-11-27-18(23(26)29)13-17(25-27)15-8-9-20(31-2)21(12-15)32-3/h4-12,17-18,25H,13-14H2,1-3H3,(H,24,28). The van der Waals surface area contributed by atoms with Crippen LogP contribution in [-0.4, -0.2) is 55.6 Å². The summed E-state index contributed by atoms with van der Waals surface area (Å²) in [5.74, 6) is 1.40. The van der Waals surface area contributed by atoms with Gasteiger partial charge in [0.2, 0.25) is 5.91 Å². The maximum absolute atomic E-state index is 13.1. The normalized spacial score (nSPS) is 19.5. The molecule has 2 unspecified atom stereocenters. The van der Waals surface area contributed by atoms with Crippen LogP contribution in [0.1, 0.15) is 18.0 Å². The van der Waals surface area contributed by atoms with Crippen LogP contribution in [0.4, 0.5) is 5.69 Å². The van der Waals surface area contributed by atoms with Crippen molar-refractivity contribution in [3.8, 4) is 17.2 Å². The number of carbonyl (C=O) groups excluding carboxylic acids is 2. The van der Waals surface area contributed by atoms with E-state index in [9.17, 15) is 9.59 Å². The van der Waals surface area contributed by atoms with Gasteiger partial charge < -0.3 is 29.4 Å². The summed E-state index contributed by atoms with van der Waals surface area (Å²) >= 11 is 0. The molecule has 0 saturated carbocycles. The Morgan fingerprint density at radius 2 is 1.78 bits per heavy atom. The lowest BCUT2D eigenvalue weighted by molar-refractivity contribution is -0.137. The molecule has 2 heterocycles. The molecule has 9 nitrogen and oxygen atoms in total. The van der Waals surface area contributed by atoms with Crippen LogP contribution in [0.5, 0.6) is 17.2 Å². The SMILES string of the molecule is COc1ccccc1NC(=O)CN1C=CN2NC(c3ccc(OC)c(OC)c3)CC2C1=O. The van der Waals surface area contributed by atoms with Crippen molar-refractivity contribution < 1.29 is 23.8 Å². The lowest BCUT2D eigenvalue weighted by atomic mass is 10.0. The molecule has 2 amide bonds. The van der Waals surface area contributed by atoms with E-state index >= 15 is 0 Å². The Kier molecular flexibility index (Phi) is 6.18. The zero-order chi connectivity index (χ0) is 22.7. The van der Waals surface area contributed by atoms with E-state index in [-0.39, 0.29) is 24.4 Å². The number of fused-ring (bicyclic) bond motifs is 1. The van der Waals surface area contributed by atoms with Crippen LogP contribution >= 0.6 is 0 Å². The van der Waals surface area contributed by atoms with E-state index in [0.29, 0.717) is 29.4 Å². The fraction of sp³-hybridized carbons (Fsp3) is 0.304. The number of hydrogen-bond acceptors (Lipinski definition) is 7. The van der Waals surface area contributed by atoms with Crippen molar-refractivity contribution >= 4 is 17.5 Å². The molecule has 0 spiro atoms. The van der Waals surface area contributed by atoms with Crippen molar-refractivity contribution in [3.63, 3.8) is 0 Å². The molecule has 4 rings (SSSR count). The molecule has 2 aliphatic rings. The van der Waals surface area contributed by atoms with Crippen LogP contribution in [0.3, 0.4) is 0 Å². The first-order valence-electron chi connectivity index (χ1n) is 10.2. The largest absolute Gasteiger partial charge is 0.495 e. The highest BCUT2D eigenvalue weighted by Crippen LogP contribution is 2.35. The van der Waals surface area contributed by atoms with Gasteiger partial charge in [-0.25, -0.2) is 5.43 Å². The smallest absolute Gasteiger partial charge is 0.251 e. The summed E-state index contributed by atoms with van der Waals surface area (Å²) in [5.41, 5.74) is 4.89. The van der Waals surface area contributed by atoms with E-state index in [1.165, 1.54) is 4.90 Å². The molecule has 2 atom stereocenters. The number of hydrogen-bond donors (Lipinski definition) is 2. The van der Waals surface area contributed by atoms with Gasteiger partial charge in [0.05, 0.1) is 33.1 Å². The van der Waals surface area contributed by atoms with Crippen LogP contribution in [0.25, 0.3) is 0 Å². The number of rotatable bonds is 7. The summed E-state index contributed by atoms with van der Waals surface area (Å²) in [7, 11) is 4.72. The molecule has 0 bridgehead atoms. The Hall–Kier alpha value is -3.72. The van der Waals surface area contributed by atoms with Gasteiger partial charge in [-0.3, -0.25) is 9.59 Å². The average Bonchev–Trinajstić information content (AvgIpc) is 3.26. The van der Waals surface area contributed by atoms with Crippen LogP contribution in [0.2, 0.25) is 0 Å². The maximum atomic E-state index is 13.1. The predicted octanol–water partition coefficient (Wildman–Crippen LogP) is 2.28. The second-order valence-electron chi connectivity index (χ2n) is 7.47. The molecule has 0 radical (unpaired) electrons. The number of nitrogens with one attached hydrogen (secondary N) is 2. The molecule has 32 heavy (non-hydrogen) atoms. The minimum Gasteiger partial charge on any atom is -0.495 e. The van der Waals surface area contributed by atoms with E-state index < -0.39 is 6.04 Å². The molecule has 2 aliphatic heterocycles. The number of benzene rings is 2. The minimum atomic E-state index is -0.405. The van der Waals surface area contributed by atoms with E-state index in [2.05, 4.69) is 10.7 Å². The summed E-state index contributed by atoms with van der Waals surface area (Å²) in [6, 6.07) is 12.4. The summed E-state index contributed by atoms with van der Waals surface area (Å²) < 4.78 is 16.0. The minimum absolute atomic E-state index is 0.0734. The van der Waals surface area contributed by atoms with Crippen molar-refractivity contribution in [2.75, 3.05) is 33.2 Å². The van der Waals surface area contributed by atoms with Gasteiger partial charge in [0.25, 0.3) is 5.91 Å². The van der Waals surface area contributed by atoms with Gasteiger partial charge in [0.1, 0.15) is 18.3 Å². The molecule has 2 aromatic carbocycles. The Labute approximate surface area is 186 Å². The molecular formula is C23H26N4O5. The first kappa shape index (κ1) is 21.5. The fourth-order valence-electron chi connectivity index (χ4n) is 3.95. The number of carbonyl (C=O) groups is 2. The van der Waals surface area contributed by atoms with Crippen molar-refractivity contribution in [3.05, 3.63) is 60.4 Å². The summed E-state index contributed by atoms with van der Waals surface area (Å²) in [6.45, 7) is -0.0846. The zero-order valence-electron chi connectivity index (χ0n) is 18.2. The van der Waals surface area contributed by atoms with Gasteiger partial charge in [-0.05, 0) is 36.2 Å². The van der Waals surface area contributed by atoms with Gasteiger partial charge in [-0.1, -0.05) is 18.2 Å². The Morgan fingerprint density at radius 3 is 2.53 bits per heavy atom. The number of amides is 2. The molecule has 1 saturated heterocycles. The van der Waals surface area contributed by atoms with E-state index in [1.54, 1.807) is 56.9 Å². The Morgan fingerprint density at radius 1 is 1.03 bits per heavy atom. The summed E-state index contributed by atoms with van der Waals surface area (Å²) in [4.78, 5) is 27.1. The average molecular weight is 438 g/mol. The number of ether oxygens (including phenoxy) is 3. The zero-order valence-corrected chi connectivity index (χ0v) is 18.2. The summed E-state index contributed by atoms with van der Waals surface area (Å²) in [6.07, 6.45) is 3.96. The van der Waals surface area contributed by atoms with Crippen LogP contribution in [0.15, 0.2) is 54.9 Å². The number of nitrogens with zero attached hydrogens (tertiary/aromatic N) is 2. The predicted molar refractivity (Wildman–Crippen MR) is 118 cm³/mol. The van der Waals surface area contributed by atoms with Crippen molar-refractivity contribution in [2.45, 2.75) is 18.5 Å². The van der Waals surface area contributed by atoms with Gasteiger partial charge >= 0.3 is 0 Å². The number of anilines is 1. The number of hydrazine groups is 1. The van der Waals surface area contributed by atoms with Gasteiger partial charge in [-0.15, -0.1) is 0 Å². The lowest BCUT2D eigenvalue weighted by Crippen LogP contribution is -2.49. The van der Waals surface area contributed by atoms with Crippen molar-refractivity contribution in [2.24, 2.45) is 0 Å². The number of methoxy groups -OCH3 is 3. The van der Waals surface area contributed by atoms with Crippen LogP contribution in [-0.2, 0) is 9.59 Å². The quantitative estimate of drug-likeness (QED) is 0.685. The first-order chi connectivity index (χ1) is 15.5. The van der Waals surface area contributed by atoms with Crippen molar-refractivity contribution in [1.82, 2.24) is 15.3 Å². The molecule has 168 valence electrons. The highest BCUT2D eigenvalue weighted by Gasteiger charge is 2.40. The second kappa shape index (κ2) is 9.19. The molecule has 1 fully saturated rings. The fourth-order valence-corrected chi connectivity index (χ4v) is 3.95. The number of para-hydroxylation sites is 2. The van der Waals surface area contributed by atoms with Crippen LogP contribution < -0.4 is 25.0 Å². The van der Waals surface area contributed by atoms with Crippen LogP contribution in [0, 0.1) is 0 Å². The van der Waals surface area contributed by atoms with E-state index in [0.717, 1.165) is 5.56 Å². The Balaban J connectivity index is 1.42. The van der Waals surface area contributed by atoms with E-state index in [1.807, 2.05) is 24.3 Å². The lowest BCUT2D eigenvalue weighted by Gasteiger charge is -2.31. The van der Waals surface area contributed by atoms with Gasteiger partial charge in [-0.2, -0.15) is 0 Å². The highest BCUT2D eigenvalue weighted by atomic mass is 16.5. The molecule has 2 N–H and O–H groups in total. The molecule has 9 heteroatoms. The summed E-state index contributed by atoms with van der Waals surface area (Å²) in [5, 5.41) is 4.59. The second-order valence-corrected chi connectivity index (χ2v) is 7.47. The third kappa shape index (κ3) is 4.19. The van der Waals surface area contributed by atoms with Gasteiger partial charge in [0.15, 0.2) is 11.5 Å². The monoisotopic (exact) mass is 438 g/mol. The van der Waals surface area contributed by atoms with Gasteiger partial charge in [0, 0.05) is 12.4 Å². The molecule has 0 aromatic heterocycles. The Bertz CT molecular complexity index is 1040. The molecule has 0 aliphatic carbocycles. The van der Waals surface area contributed by atoms with E-state index in [4.69, 9.17) is 14.2 Å². The third-order valence-electron chi connectivity index (χ3n) is 5.58. The highest BCUT2D eigenvalue weighted by molar-refractivity contribution is 5.97. The maximum Gasteiger partial charge on any atom is 0.251 e. The molecular weight excluding hydrogens is 412 g/mol. The third-order valence-corrected chi connectivity index (χ3v) is 5.58. The topological polar surface area (TPSA) is 92.4 Å². The molecule has 2 aromatic rings. The first-order valence-corrected chi connectivity index (χ1v) is 10.2.